The highest BCUT2D eigenvalue weighted by atomic mass is 16.4. The lowest BCUT2D eigenvalue weighted by Crippen LogP contribution is -2.58. The van der Waals surface area contributed by atoms with Gasteiger partial charge in [-0.15, -0.1) is 0 Å². The number of rotatable bonds is 10. The van der Waals surface area contributed by atoms with Crippen LogP contribution in [0.2, 0.25) is 0 Å². The fraction of sp³-hybridized carbons (Fsp3) is 0.583. The second-order valence-corrected chi connectivity index (χ2v) is 9.39. The van der Waals surface area contributed by atoms with Gasteiger partial charge in [0.2, 0.25) is 11.8 Å². The summed E-state index contributed by atoms with van der Waals surface area (Å²) in [6.07, 6.45) is 2.36. The van der Waals surface area contributed by atoms with Crippen molar-refractivity contribution in [2.75, 3.05) is 13.1 Å². The third-order valence-electron chi connectivity index (χ3n) is 6.88. The number of benzene rings is 1. The molecular weight excluding hydrogens is 472 g/mol. The first-order valence-electron chi connectivity index (χ1n) is 12.1. The number of carboxylic acids is 2. The Balaban J connectivity index is 1.83. The molecule has 7 N–H and O–H groups in total. The SMILES string of the molecule is CC(NC(CCCCN)C(=O)N1Cc2cc(O)c(O)cc2CC1C(=O)O)C(=O)N1CCCC1C(=O)O. The van der Waals surface area contributed by atoms with Crippen LogP contribution < -0.4 is 11.1 Å². The van der Waals surface area contributed by atoms with E-state index in [0.717, 1.165) is 0 Å². The Hall–Kier alpha value is -3.38. The molecule has 1 fully saturated rings. The number of nitrogens with one attached hydrogen (secondary N) is 1. The maximum Gasteiger partial charge on any atom is 0.326 e. The van der Waals surface area contributed by atoms with Gasteiger partial charge in [-0.25, -0.2) is 9.59 Å². The lowest BCUT2D eigenvalue weighted by atomic mass is 9.92. The van der Waals surface area contributed by atoms with Gasteiger partial charge in [0.05, 0.1) is 12.1 Å². The minimum absolute atomic E-state index is 0.0533. The fourth-order valence-corrected chi connectivity index (χ4v) is 4.94. The smallest absolute Gasteiger partial charge is 0.326 e. The number of nitrogens with two attached hydrogens (primary N) is 1. The van der Waals surface area contributed by atoms with E-state index in [-0.39, 0.29) is 24.5 Å². The summed E-state index contributed by atoms with van der Waals surface area (Å²) in [6, 6.07) is -1.28. The van der Waals surface area contributed by atoms with Crippen molar-refractivity contribution in [1.82, 2.24) is 15.1 Å². The van der Waals surface area contributed by atoms with E-state index in [2.05, 4.69) is 5.32 Å². The van der Waals surface area contributed by atoms with Gasteiger partial charge in [0.1, 0.15) is 12.1 Å². The highest BCUT2D eigenvalue weighted by molar-refractivity contribution is 5.90. The molecule has 12 heteroatoms. The number of aromatic hydroxyl groups is 2. The Morgan fingerprint density at radius 3 is 2.25 bits per heavy atom. The average molecular weight is 507 g/mol. The number of phenols is 2. The number of carboxylic acid groups (broad SMARTS) is 2. The van der Waals surface area contributed by atoms with Crippen LogP contribution in [0, 0.1) is 0 Å². The maximum absolute atomic E-state index is 13.7. The van der Waals surface area contributed by atoms with Crippen LogP contribution >= 0.6 is 0 Å². The van der Waals surface area contributed by atoms with Gasteiger partial charge in [-0.05, 0) is 62.4 Å². The van der Waals surface area contributed by atoms with Gasteiger partial charge < -0.3 is 36.0 Å². The van der Waals surface area contributed by atoms with E-state index in [4.69, 9.17) is 5.73 Å². The van der Waals surface area contributed by atoms with Crippen molar-refractivity contribution in [2.24, 2.45) is 5.73 Å². The van der Waals surface area contributed by atoms with Crippen molar-refractivity contribution in [1.29, 1.82) is 0 Å². The summed E-state index contributed by atoms with van der Waals surface area (Å²) in [5, 5.41) is 42.0. The van der Waals surface area contributed by atoms with Crippen LogP contribution in [0.4, 0.5) is 0 Å². The molecular formula is C24H34N4O8. The van der Waals surface area contributed by atoms with E-state index in [1.807, 2.05) is 0 Å². The van der Waals surface area contributed by atoms with Crippen LogP contribution in [0.3, 0.4) is 0 Å². The zero-order valence-corrected chi connectivity index (χ0v) is 20.2. The summed E-state index contributed by atoms with van der Waals surface area (Å²) < 4.78 is 0. The number of unbranched alkanes of at least 4 members (excludes halogenated alkanes) is 1. The van der Waals surface area contributed by atoms with Gasteiger partial charge in [0.25, 0.3) is 0 Å². The molecule has 0 spiro atoms. The molecule has 1 saturated heterocycles. The topological polar surface area (TPSA) is 194 Å². The second-order valence-electron chi connectivity index (χ2n) is 9.39. The quantitative estimate of drug-likeness (QED) is 0.186. The first-order chi connectivity index (χ1) is 17.0. The highest BCUT2D eigenvalue weighted by Crippen LogP contribution is 2.33. The van der Waals surface area contributed by atoms with Gasteiger partial charge in [0.15, 0.2) is 11.5 Å². The zero-order valence-electron chi connectivity index (χ0n) is 20.2. The number of amides is 2. The average Bonchev–Trinajstić information content (AvgIpc) is 3.33. The van der Waals surface area contributed by atoms with E-state index in [1.54, 1.807) is 6.92 Å². The number of carbonyl (C=O) groups is 4. The van der Waals surface area contributed by atoms with E-state index >= 15 is 0 Å². The molecule has 36 heavy (non-hydrogen) atoms. The lowest BCUT2D eigenvalue weighted by molar-refractivity contribution is -0.153. The molecule has 0 radical (unpaired) electrons. The van der Waals surface area contributed by atoms with Crippen molar-refractivity contribution in [3.8, 4) is 11.5 Å². The van der Waals surface area contributed by atoms with Crippen molar-refractivity contribution in [3.05, 3.63) is 23.3 Å². The number of carbonyl (C=O) groups excluding carboxylic acids is 2. The van der Waals surface area contributed by atoms with Gasteiger partial charge in [-0.3, -0.25) is 14.9 Å². The maximum atomic E-state index is 13.7. The van der Waals surface area contributed by atoms with E-state index in [0.29, 0.717) is 56.3 Å². The van der Waals surface area contributed by atoms with E-state index in [9.17, 15) is 39.6 Å². The largest absolute Gasteiger partial charge is 0.504 e. The third kappa shape index (κ3) is 5.88. The lowest BCUT2D eigenvalue weighted by Gasteiger charge is -2.37. The number of phenolic OH excluding ortho intramolecular Hbond substituents is 2. The van der Waals surface area contributed by atoms with Crippen molar-refractivity contribution in [2.45, 2.75) is 76.2 Å². The van der Waals surface area contributed by atoms with Gasteiger partial charge in [0, 0.05) is 19.5 Å². The summed E-state index contributed by atoms with van der Waals surface area (Å²) >= 11 is 0. The van der Waals surface area contributed by atoms with E-state index < -0.39 is 47.9 Å². The molecule has 0 saturated carbocycles. The summed E-state index contributed by atoms with van der Waals surface area (Å²) in [7, 11) is 0. The molecule has 1 aromatic rings. The van der Waals surface area contributed by atoms with E-state index in [1.165, 1.54) is 21.9 Å². The molecule has 3 rings (SSSR count). The number of fused-ring (bicyclic) bond motifs is 1. The van der Waals surface area contributed by atoms with Crippen LogP contribution in [0.5, 0.6) is 11.5 Å². The normalized spacial score (nSPS) is 21.1. The van der Waals surface area contributed by atoms with Crippen molar-refractivity contribution < 1.29 is 39.6 Å². The number of likely N-dealkylation sites (tertiary alicyclic amines) is 1. The minimum atomic E-state index is -1.22. The Morgan fingerprint density at radius 1 is 1.00 bits per heavy atom. The number of hydrogen-bond acceptors (Lipinski definition) is 8. The molecule has 2 aliphatic rings. The molecule has 2 amide bonds. The second kappa shape index (κ2) is 11.6. The summed E-state index contributed by atoms with van der Waals surface area (Å²) in [5.41, 5.74) is 6.63. The first kappa shape index (κ1) is 27.2. The van der Waals surface area contributed by atoms with Gasteiger partial charge in [-0.1, -0.05) is 6.42 Å². The summed E-state index contributed by atoms with van der Waals surface area (Å²) in [4.78, 5) is 52.8. The van der Waals surface area contributed by atoms with Crippen LogP contribution in [-0.2, 0) is 32.1 Å². The predicted molar refractivity (Wildman–Crippen MR) is 127 cm³/mol. The molecule has 2 heterocycles. The molecule has 1 aromatic carbocycles. The molecule has 2 aliphatic heterocycles. The molecule has 0 aromatic heterocycles. The fourth-order valence-electron chi connectivity index (χ4n) is 4.94. The van der Waals surface area contributed by atoms with Crippen LogP contribution in [0.25, 0.3) is 0 Å². The van der Waals surface area contributed by atoms with Crippen LogP contribution in [0.1, 0.15) is 50.2 Å². The standard InChI is InChI=1S/C24H34N4O8/c1-13(21(31)27-8-4-6-17(27)23(33)34)26-16(5-2-3-7-25)22(32)28-12-15-11-20(30)19(29)10-14(15)9-18(28)24(35)36/h10-11,13,16-18,26,29-30H,2-9,12,25H2,1H3,(H,33,34)(H,35,36). The minimum Gasteiger partial charge on any atom is -0.504 e. The van der Waals surface area contributed by atoms with Crippen molar-refractivity contribution in [3.63, 3.8) is 0 Å². The number of aliphatic carboxylic acids is 2. The van der Waals surface area contributed by atoms with Crippen LogP contribution in [0.15, 0.2) is 12.1 Å². The highest BCUT2D eigenvalue weighted by Gasteiger charge is 2.40. The predicted octanol–water partition coefficient (Wildman–Crippen LogP) is -0.0130. The molecule has 12 nitrogen and oxygen atoms in total. The Kier molecular flexibility index (Phi) is 8.75. The Bertz CT molecular complexity index is 1020. The molecule has 4 atom stereocenters. The number of hydrogen-bond donors (Lipinski definition) is 6. The monoisotopic (exact) mass is 506 g/mol. The van der Waals surface area contributed by atoms with Gasteiger partial charge in [-0.2, -0.15) is 0 Å². The molecule has 198 valence electrons. The van der Waals surface area contributed by atoms with Crippen LogP contribution in [-0.4, -0.2) is 91.2 Å². The first-order valence-corrected chi connectivity index (χ1v) is 12.1. The summed E-state index contributed by atoms with van der Waals surface area (Å²) in [6.45, 7) is 2.18. The Labute approximate surface area is 208 Å². The zero-order chi connectivity index (χ0) is 26.6. The molecule has 0 bridgehead atoms. The molecule has 4 unspecified atom stereocenters. The molecule has 0 aliphatic carbocycles. The van der Waals surface area contributed by atoms with Gasteiger partial charge >= 0.3 is 11.9 Å². The number of nitrogens with zero attached hydrogens (tertiary/aromatic N) is 2. The summed E-state index contributed by atoms with van der Waals surface area (Å²) in [5.74, 6) is -3.98. The third-order valence-corrected chi connectivity index (χ3v) is 6.88. The Morgan fingerprint density at radius 2 is 1.64 bits per heavy atom. The van der Waals surface area contributed by atoms with Crippen molar-refractivity contribution >= 4 is 23.8 Å².